The van der Waals surface area contributed by atoms with Crippen molar-refractivity contribution in [2.45, 2.75) is 167 Å². The highest BCUT2D eigenvalue weighted by Crippen LogP contribution is 2.43. The Balaban J connectivity index is 1.77. The number of hydrogen-bond acceptors (Lipinski definition) is 8. The van der Waals surface area contributed by atoms with Gasteiger partial charge in [0.15, 0.2) is 27.8 Å². The first kappa shape index (κ1) is 40.6. The molecule has 1 aliphatic rings. The van der Waals surface area contributed by atoms with Crippen molar-refractivity contribution < 1.29 is 22.0 Å². The van der Waals surface area contributed by atoms with Gasteiger partial charge in [-0.3, -0.25) is 9.36 Å². The number of hydrogen-bond donors (Lipinski definition) is 0. The topological polar surface area (TPSA) is 115 Å². The first-order valence-electron chi connectivity index (χ1n) is 18.1. The number of nitrogens with zero attached hydrogens (tertiary/aromatic N) is 4. The maximum atomic E-state index is 14.5. The zero-order valence-corrected chi connectivity index (χ0v) is 36.2. The van der Waals surface area contributed by atoms with Gasteiger partial charge in [-0.05, 0) is 70.7 Å². The third-order valence-corrected chi connectivity index (χ3v) is 22.0. The zero-order chi connectivity index (χ0) is 37.9. The second-order valence-electron chi connectivity index (χ2n) is 18.0. The molecule has 1 fully saturated rings. The molecule has 0 N–H and O–H groups in total. The Labute approximate surface area is 302 Å². The predicted molar refractivity (Wildman–Crippen MR) is 207 cm³/mol. The van der Waals surface area contributed by atoms with Gasteiger partial charge in [-0.15, -0.1) is 0 Å². The molecule has 50 heavy (non-hydrogen) atoms. The van der Waals surface area contributed by atoms with Crippen LogP contribution >= 0.6 is 0 Å². The van der Waals surface area contributed by atoms with Crippen molar-refractivity contribution in [1.29, 1.82) is 0 Å². The second-order valence-corrected chi connectivity index (χ2v) is 29.3. The van der Waals surface area contributed by atoms with Crippen molar-refractivity contribution in [2.75, 3.05) is 6.61 Å². The molecule has 13 heteroatoms. The van der Waals surface area contributed by atoms with Gasteiger partial charge in [-0.2, -0.15) is 3.97 Å². The molecule has 0 aliphatic carbocycles. The molecule has 3 aromatic rings. The van der Waals surface area contributed by atoms with Crippen LogP contribution in [0, 0.1) is 0 Å². The summed E-state index contributed by atoms with van der Waals surface area (Å²) < 4.78 is 51.6. The average molecular weight is 747 g/mol. The highest BCUT2D eigenvalue weighted by Gasteiger charge is 2.47. The number of imidazole rings is 1. The molecular formula is C37H62N4O6SSi2. The second kappa shape index (κ2) is 14.0. The molecule has 1 aliphatic heterocycles. The summed E-state index contributed by atoms with van der Waals surface area (Å²) in [4.78, 5) is 23.2. The van der Waals surface area contributed by atoms with Crippen LogP contribution in [0.4, 0.5) is 0 Å². The molecule has 4 rings (SSSR count). The Kier molecular flexibility index (Phi) is 11.4. The first-order chi connectivity index (χ1) is 22.7. The molecule has 3 heterocycles. The molecular weight excluding hydrogens is 685 g/mol. The molecule has 0 saturated carbocycles. The Morgan fingerprint density at radius 1 is 0.860 bits per heavy atom. The van der Waals surface area contributed by atoms with Crippen LogP contribution in [0.3, 0.4) is 0 Å². The van der Waals surface area contributed by atoms with Gasteiger partial charge in [0.05, 0.1) is 23.9 Å². The Morgan fingerprint density at radius 2 is 1.40 bits per heavy atom. The lowest BCUT2D eigenvalue weighted by Crippen LogP contribution is -2.48. The summed E-state index contributed by atoms with van der Waals surface area (Å²) in [6.45, 7) is 34.7. The largest absolute Gasteiger partial charge is 0.414 e. The molecule has 0 spiro atoms. The van der Waals surface area contributed by atoms with Crippen LogP contribution in [0.1, 0.15) is 130 Å². The fraction of sp³-hybridized carbons (Fsp3) is 0.703. The van der Waals surface area contributed by atoms with E-state index in [2.05, 4.69) is 91.5 Å². The molecule has 2 aromatic heterocycles. The van der Waals surface area contributed by atoms with Crippen molar-refractivity contribution in [3.63, 3.8) is 0 Å². The van der Waals surface area contributed by atoms with Crippen molar-refractivity contribution in [1.82, 2.24) is 18.5 Å². The Morgan fingerprint density at radius 3 is 1.88 bits per heavy atom. The number of fused-ring (bicyclic) bond motifs is 1. The van der Waals surface area contributed by atoms with E-state index in [1.165, 1.54) is 6.33 Å². The van der Waals surface area contributed by atoms with E-state index in [9.17, 15) is 13.2 Å². The number of benzene rings is 1. The van der Waals surface area contributed by atoms with Crippen LogP contribution in [0.5, 0.6) is 0 Å². The van der Waals surface area contributed by atoms with Crippen LogP contribution in [0.25, 0.3) is 11.2 Å². The summed E-state index contributed by atoms with van der Waals surface area (Å²) in [6.07, 6.45) is 2.08. The Hall–Kier alpha value is -2.17. The summed E-state index contributed by atoms with van der Waals surface area (Å²) in [5.74, 6) is 0.0450. The molecule has 1 aromatic carbocycles. The van der Waals surface area contributed by atoms with Gasteiger partial charge in [-0.25, -0.2) is 18.4 Å². The van der Waals surface area contributed by atoms with Gasteiger partial charge >= 0.3 is 0 Å². The summed E-state index contributed by atoms with van der Waals surface area (Å²) in [6, 6.07) is 3.93. The van der Waals surface area contributed by atoms with Crippen LogP contribution in [-0.4, -0.2) is 62.4 Å². The molecule has 280 valence electrons. The highest BCUT2D eigenvalue weighted by atomic mass is 32.2. The summed E-state index contributed by atoms with van der Waals surface area (Å²) in [7, 11) is -8.58. The normalized spacial score (nSPS) is 19.9. The van der Waals surface area contributed by atoms with Crippen molar-refractivity contribution in [2.24, 2.45) is 0 Å². The highest BCUT2D eigenvalue weighted by molar-refractivity contribution is 7.90. The van der Waals surface area contributed by atoms with E-state index >= 15 is 0 Å². The first-order valence-corrected chi connectivity index (χ1v) is 25.3. The van der Waals surface area contributed by atoms with Crippen LogP contribution in [0.2, 0.25) is 36.3 Å². The van der Waals surface area contributed by atoms with Gasteiger partial charge in [0.2, 0.25) is 0 Å². The number of aromatic nitrogens is 4. The van der Waals surface area contributed by atoms with E-state index in [4.69, 9.17) is 13.6 Å². The number of rotatable bonds is 11. The smallest absolute Gasteiger partial charge is 0.295 e. The van der Waals surface area contributed by atoms with Crippen molar-refractivity contribution >= 4 is 37.8 Å². The maximum absolute atomic E-state index is 14.5. The van der Waals surface area contributed by atoms with E-state index < -0.39 is 38.4 Å². The number of ether oxygens (including phenoxy) is 1. The summed E-state index contributed by atoms with van der Waals surface area (Å²) in [5.41, 5.74) is 1.95. The quantitative estimate of drug-likeness (QED) is 0.179. The molecule has 10 nitrogen and oxygen atoms in total. The maximum Gasteiger partial charge on any atom is 0.295 e. The van der Waals surface area contributed by atoms with Gasteiger partial charge in [0.25, 0.3) is 15.6 Å². The average Bonchev–Trinajstić information content (AvgIpc) is 3.58. The molecule has 3 atom stereocenters. The summed E-state index contributed by atoms with van der Waals surface area (Å²) in [5, 5.41) is 0.0313. The predicted octanol–water partition coefficient (Wildman–Crippen LogP) is 8.90. The van der Waals surface area contributed by atoms with Crippen molar-refractivity contribution in [3.8, 4) is 0 Å². The SMILES string of the molecule is CC(C)c1cc(C(C)C)c(S(=O)(=O)n2cnc3c(ncn3[C@H]3C[C@H](O[Si](C)(C)C(C)(C)C)[C@@H](CO[Si](C)(C)C(C)(C)C)O3)c2=O)c(C(C)C)c1. The minimum Gasteiger partial charge on any atom is -0.414 e. The molecule has 0 unspecified atom stereocenters. The van der Waals surface area contributed by atoms with Crippen molar-refractivity contribution in [3.05, 3.63) is 51.8 Å². The lowest BCUT2D eigenvalue weighted by molar-refractivity contribution is -0.0383. The fourth-order valence-corrected chi connectivity index (χ4v) is 10.0. The van der Waals surface area contributed by atoms with E-state index in [1.807, 2.05) is 39.8 Å². The lowest BCUT2D eigenvalue weighted by Gasteiger charge is -2.40. The standard InChI is InChI=1S/C37H62N4O6SSi2/c1-23(2)26-17-27(24(3)4)33(28(18-26)25(5)6)48(43,44)41-22-39-34-32(35(41)42)38-21-40(34)31-19-29(47-50(15,16)37(10,11)12)30(46-31)20-45-49(13,14)36(7,8)9/h17-18,21-25,29-31H,19-20H2,1-16H3/t29-,30+,31+/m0/s1. The van der Waals surface area contributed by atoms with E-state index in [1.54, 1.807) is 4.57 Å². The minimum atomic E-state index is -4.32. The molecule has 0 bridgehead atoms. The summed E-state index contributed by atoms with van der Waals surface area (Å²) >= 11 is 0. The minimum absolute atomic E-state index is 0.00423. The lowest BCUT2D eigenvalue weighted by atomic mass is 9.89. The van der Waals surface area contributed by atoms with Gasteiger partial charge in [0.1, 0.15) is 18.7 Å². The van der Waals surface area contributed by atoms with Gasteiger partial charge in [0, 0.05) is 6.42 Å². The molecule has 1 saturated heterocycles. The van der Waals surface area contributed by atoms with Gasteiger partial charge in [-0.1, -0.05) is 95.2 Å². The molecule has 0 radical (unpaired) electrons. The van der Waals surface area contributed by atoms with Crippen LogP contribution in [-0.2, 0) is 23.6 Å². The monoisotopic (exact) mass is 746 g/mol. The zero-order valence-electron chi connectivity index (χ0n) is 33.3. The Bertz CT molecular complexity index is 1840. The van der Waals surface area contributed by atoms with E-state index in [-0.39, 0.29) is 56.1 Å². The van der Waals surface area contributed by atoms with E-state index in [0.29, 0.717) is 24.2 Å². The van der Waals surface area contributed by atoms with Crippen LogP contribution < -0.4 is 5.56 Å². The third kappa shape index (κ3) is 7.78. The molecule has 0 amide bonds. The fourth-order valence-electron chi connectivity index (χ4n) is 5.77. The van der Waals surface area contributed by atoms with Gasteiger partial charge < -0.3 is 13.6 Å². The van der Waals surface area contributed by atoms with Crippen LogP contribution in [0.15, 0.2) is 34.5 Å². The van der Waals surface area contributed by atoms with E-state index in [0.717, 1.165) is 15.9 Å². The third-order valence-electron chi connectivity index (χ3n) is 11.2.